The maximum Gasteiger partial charge on any atom is 0.123 e. The van der Waals surface area contributed by atoms with Gasteiger partial charge in [0.1, 0.15) is 5.82 Å². The first-order valence-corrected chi connectivity index (χ1v) is 7.70. The number of hydrogen-bond acceptors (Lipinski definition) is 0. The van der Waals surface area contributed by atoms with Gasteiger partial charge in [0.05, 0.1) is 0 Å². The van der Waals surface area contributed by atoms with Crippen molar-refractivity contribution in [3.63, 3.8) is 0 Å². The second-order valence-corrected chi connectivity index (χ2v) is 7.39. The predicted octanol–water partition coefficient (Wildman–Crippen LogP) is 5.44. The van der Waals surface area contributed by atoms with Crippen LogP contribution in [0.4, 0.5) is 4.39 Å². The molecule has 0 heterocycles. The molecule has 1 aliphatic rings. The molecule has 3 unspecified atom stereocenters. The van der Waals surface area contributed by atoms with E-state index in [1.165, 1.54) is 18.4 Å². The topological polar surface area (TPSA) is 0 Å². The Morgan fingerprint density at radius 3 is 2.42 bits per heavy atom. The zero-order chi connectivity index (χ0) is 14.0. The van der Waals surface area contributed by atoms with Crippen LogP contribution in [0.3, 0.4) is 0 Å². The van der Waals surface area contributed by atoms with E-state index in [-0.39, 0.29) is 16.6 Å². The summed E-state index contributed by atoms with van der Waals surface area (Å²) in [5.41, 5.74) is 1.37. The van der Waals surface area contributed by atoms with E-state index in [1.54, 1.807) is 12.1 Å². The first kappa shape index (κ1) is 14.8. The highest BCUT2D eigenvalue weighted by atomic mass is 35.5. The van der Waals surface area contributed by atoms with Crippen molar-refractivity contribution in [3.05, 3.63) is 35.6 Å². The summed E-state index contributed by atoms with van der Waals surface area (Å²) in [6.45, 7) is 6.89. The molecule has 1 saturated carbocycles. The van der Waals surface area contributed by atoms with Crippen molar-refractivity contribution in [3.8, 4) is 0 Å². The van der Waals surface area contributed by atoms with E-state index in [4.69, 9.17) is 11.6 Å². The van der Waals surface area contributed by atoms with Gasteiger partial charge in [-0.25, -0.2) is 4.39 Å². The van der Waals surface area contributed by atoms with E-state index in [0.717, 1.165) is 18.8 Å². The zero-order valence-corrected chi connectivity index (χ0v) is 12.9. The highest BCUT2D eigenvalue weighted by Crippen LogP contribution is 2.44. The quantitative estimate of drug-likeness (QED) is 0.648. The van der Waals surface area contributed by atoms with Crippen molar-refractivity contribution >= 4 is 11.6 Å². The molecule has 1 aliphatic carbocycles. The Labute approximate surface area is 121 Å². The van der Waals surface area contributed by atoms with E-state index < -0.39 is 0 Å². The normalized spacial score (nSPS) is 28.4. The Kier molecular flexibility index (Phi) is 4.55. The monoisotopic (exact) mass is 282 g/mol. The molecule has 2 rings (SSSR count). The average Bonchev–Trinajstić information content (AvgIpc) is 2.31. The smallest absolute Gasteiger partial charge is 0.123 e. The summed E-state index contributed by atoms with van der Waals surface area (Å²) in [6, 6.07) is 6.89. The van der Waals surface area contributed by atoms with Gasteiger partial charge in [-0.1, -0.05) is 39.3 Å². The molecule has 0 N–H and O–H groups in total. The minimum absolute atomic E-state index is 0.164. The van der Waals surface area contributed by atoms with Crippen LogP contribution in [0.5, 0.6) is 0 Å². The second-order valence-electron chi connectivity index (χ2n) is 6.83. The molecule has 19 heavy (non-hydrogen) atoms. The van der Waals surface area contributed by atoms with E-state index in [1.807, 2.05) is 12.1 Å². The summed E-state index contributed by atoms with van der Waals surface area (Å²) in [7, 11) is 0. The van der Waals surface area contributed by atoms with Gasteiger partial charge in [-0.2, -0.15) is 0 Å². The zero-order valence-electron chi connectivity index (χ0n) is 12.1. The van der Waals surface area contributed by atoms with Gasteiger partial charge in [-0.15, -0.1) is 11.6 Å². The molecule has 0 radical (unpaired) electrons. The molecule has 0 saturated heterocycles. The molecular formula is C17H24ClF. The molecule has 0 nitrogen and oxygen atoms in total. The van der Waals surface area contributed by atoms with Crippen LogP contribution in [0.15, 0.2) is 24.3 Å². The molecule has 1 aromatic carbocycles. The standard InChI is InChI=1S/C17H24ClF/c1-12-4-9-15(16(18)10-12)17(2,3)11-13-5-7-14(19)8-6-13/h5-8,12,15-16H,4,9-11H2,1-3H3. The summed E-state index contributed by atoms with van der Waals surface area (Å²) < 4.78 is 13.0. The SMILES string of the molecule is CC1CCC(C(C)(C)Cc2ccc(F)cc2)C(Cl)C1. The number of rotatable bonds is 3. The van der Waals surface area contributed by atoms with Crippen molar-refractivity contribution < 1.29 is 4.39 Å². The molecule has 1 fully saturated rings. The van der Waals surface area contributed by atoms with E-state index in [0.29, 0.717) is 5.92 Å². The lowest BCUT2D eigenvalue weighted by Gasteiger charge is -2.42. The first-order chi connectivity index (χ1) is 8.88. The van der Waals surface area contributed by atoms with Gasteiger partial charge in [0.15, 0.2) is 0 Å². The molecular weight excluding hydrogens is 259 g/mol. The van der Waals surface area contributed by atoms with Crippen molar-refractivity contribution in [2.45, 2.75) is 51.8 Å². The maximum absolute atomic E-state index is 13.0. The van der Waals surface area contributed by atoms with Crippen LogP contribution in [0.25, 0.3) is 0 Å². The minimum atomic E-state index is -0.164. The number of hydrogen-bond donors (Lipinski definition) is 0. The summed E-state index contributed by atoms with van der Waals surface area (Å²) in [4.78, 5) is 0. The van der Waals surface area contributed by atoms with Gasteiger partial charge in [-0.3, -0.25) is 0 Å². The molecule has 106 valence electrons. The summed E-state index contributed by atoms with van der Waals surface area (Å²) in [5, 5.41) is 0.277. The first-order valence-electron chi connectivity index (χ1n) is 7.27. The summed E-state index contributed by atoms with van der Waals surface area (Å²) >= 11 is 6.59. The Morgan fingerprint density at radius 1 is 1.21 bits per heavy atom. The van der Waals surface area contributed by atoms with Crippen molar-refractivity contribution in [2.24, 2.45) is 17.3 Å². The third kappa shape index (κ3) is 3.72. The van der Waals surface area contributed by atoms with Gasteiger partial charge in [0.25, 0.3) is 0 Å². The fourth-order valence-corrected chi connectivity index (χ4v) is 4.22. The van der Waals surface area contributed by atoms with Crippen LogP contribution >= 0.6 is 11.6 Å². The van der Waals surface area contributed by atoms with Gasteiger partial charge >= 0.3 is 0 Å². The van der Waals surface area contributed by atoms with Gasteiger partial charge < -0.3 is 0 Å². The Morgan fingerprint density at radius 2 is 1.84 bits per heavy atom. The Balaban J connectivity index is 2.07. The third-order valence-corrected chi connectivity index (χ3v) is 5.09. The molecule has 3 atom stereocenters. The number of halogens is 2. The number of benzene rings is 1. The number of alkyl halides is 1. The van der Waals surface area contributed by atoms with Crippen LogP contribution in [0.1, 0.15) is 45.6 Å². The van der Waals surface area contributed by atoms with Crippen LogP contribution in [0.2, 0.25) is 0 Å². The minimum Gasteiger partial charge on any atom is -0.207 e. The maximum atomic E-state index is 13.0. The van der Waals surface area contributed by atoms with Crippen LogP contribution in [-0.2, 0) is 6.42 Å². The van der Waals surface area contributed by atoms with Gasteiger partial charge in [0, 0.05) is 5.38 Å². The lowest BCUT2D eigenvalue weighted by atomic mass is 9.66. The van der Waals surface area contributed by atoms with E-state index >= 15 is 0 Å². The highest BCUT2D eigenvalue weighted by molar-refractivity contribution is 6.20. The second kappa shape index (κ2) is 5.83. The Bertz CT molecular complexity index is 410. The summed E-state index contributed by atoms with van der Waals surface area (Å²) in [5.74, 6) is 1.14. The molecule has 0 bridgehead atoms. The fraction of sp³-hybridized carbons (Fsp3) is 0.647. The van der Waals surface area contributed by atoms with Crippen LogP contribution in [-0.4, -0.2) is 5.38 Å². The lowest BCUT2D eigenvalue weighted by Crippen LogP contribution is -2.37. The Hall–Kier alpha value is -0.560. The van der Waals surface area contributed by atoms with Crippen molar-refractivity contribution in [1.29, 1.82) is 0 Å². The van der Waals surface area contributed by atoms with Crippen molar-refractivity contribution in [2.75, 3.05) is 0 Å². The van der Waals surface area contributed by atoms with Gasteiger partial charge in [-0.05, 0) is 54.2 Å². The highest BCUT2D eigenvalue weighted by Gasteiger charge is 2.37. The average molecular weight is 283 g/mol. The van der Waals surface area contributed by atoms with E-state index in [9.17, 15) is 4.39 Å². The molecule has 2 heteroatoms. The van der Waals surface area contributed by atoms with Crippen LogP contribution < -0.4 is 0 Å². The van der Waals surface area contributed by atoms with Gasteiger partial charge in [0.2, 0.25) is 0 Å². The lowest BCUT2D eigenvalue weighted by molar-refractivity contribution is 0.142. The largest absolute Gasteiger partial charge is 0.207 e. The van der Waals surface area contributed by atoms with Crippen LogP contribution in [0, 0.1) is 23.1 Å². The predicted molar refractivity (Wildman–Crippen MR) is 80.0 cm³/mol. The fourth-order valence-electron chi connectivity index (χ4n) is 3.45. The molecule has 0 spiro atoms. The third-order valence-electron chi connectivity index (χ3n) is 4.61. The summed E-state index contributed by atoms with van der Waals surface area (Å²) in [6.07, 6.45) is 4.58. The molecule has 0 amide bonds. The molecule has 0 aliphatic heterocycles. The van der Waals surface area contributed by atoms with Crippen molar-refractivity contribution in [1.82, 2.24) is 0 Å². The van der Waals surface area contributed by atoms with E-state index in [2.05, 4.69) is 20.8 Å². The molecule has 0 aromatic heterocycles. The molecule has 1 aromatic rings.